The van der Waals surface area contributed by atoms with E-state index < -0.39 is 11.9 Å². The van der Waals surface area contributed by atoms with Crippen LogP contribution in [0.3, 0.4) is 0 Å². The number of carbonyl (C=O) groups excluding carboxylic acids is 1. The van der Waals surface area contributed by atoms with Crippen molar-refractivity contribution >= 4 is 23.5 Å². The van der Waals surface area contributed by atoms with Gasteiger partial charge in [-0.2, -0.15) is 0 Å². The van der Waals surface area contributed by atoms with E-state index >= 15 is 0 Å². The molecule has 0 aliphatic heterocycles. The van der Waals surface area contributed by atoms with Crippen molar-refractivity contribution in [3.63, 3.8) is 0 Å². The highest BCUT2D eigenvalue weighted by molar-refractivity contribution is 6.33. The first-order valence-electron chi connectivity index (χ1n) is 9.41. The quantitative estimate of drug-likeness (QED) is 0.454. The second-order valence-electron chi connectivity index (χ2n) is 6.70. The van der Waals surface area contributed by atoms with Crippen LogP contribution < -0.4 is 4.74 Å². The molecule has 4 rings (SSSR count). The molecule has 4 aromatic rings. The number of ether oxygens (including phenoxy) is 1. The standard InChI is InChI=1S/C24H17ClN2O4/c25-20-6-2-1-5-19(20)21-11-12-22(24(29)30)27(21)23(28)17-7-9-18(10-8-17)31-15-16-4-3-13-26-14-16/h1-14H,15H2,(H,29,30). The second kappa shape index (κ2) is 8.85. The van der Waals surface area contributed by atoms with Crippen molar-refractivity contribution in [2.75, 3.05) is 0 Å². The lowest BCUT2D eigenvalue weighted by atomic mass is 10.1. The van der Waals surface area contributed by atoms with Crippen LogP contribution in [-0.4, -0.2) is 26.5 Å². The Morgan fingerprint density at radius 1 is 0.968 bits per heavy atom. The molecule has 0 atom stereocenters. The van der Waals surface area contributed by atoms with Gasteiger partial charge in [-0.3, -0.25) is 14.3 Å². The third-order valence-electron chi connectivity index (χ3n) is 4.68. The van der Waals surface area contributed by atoms with E-state index in [2.05, 4.69) is 4.98 Å². The zero-order valence-electron chi connectivity index (χ0n) is 16.2. The molecule has 0 bridgehead atoms. The minimum Gasteiger partial charge on any atom is -0.489 e. The molecule has 0 radical (unpaired) electrons. The van der Waals surface area contributed by atoms with Crippen molar-refractivity contribution in [3.05, 3.63) is 107 Å². The number of pyridine rings is 1. The second-order valence-corrected chi connectivity index (χ2v) is 7.11. The SMILES string of the molecule is O=C(O)c1ccc(-c2ccccc2Cl)n1C(=O)c1ccc(OCc2cccnc2)cc1. The monoisotopic (exact) mass is 432 g/mol. The summed E-state index contributed by atoms with van der Waals surface area (Å²) in [5.41, 5.74) is 2.08. The summed E-state index contributed by atoms with van der Waals surface area (Å²) in [6, 6.07) is 20.2. The highest BCUT2D eigenvalue weighted by Gasteiger charge is 2.22. The Kier molecular flexibility index (Phi) is 5.82. The van der Waals surface area contributed by atoms with Crippen LogP contribution in [0.15, 0.2) is 85.2 Å². The first-order chi connectivity index (χ1) is 15.0. The van der Waals surface area contributed by atoms with Crippen molar-refractivity contribution in [1.29, 1.82) is 0 Å². The van der Waals surface area contributed by atoms with Crippen LogP contribution >= 0.6 is 11.6 Å². The van der Waals surface area contributed by atoms with Crippen LogP contribution in [0.1, 0.15) is 26.4 Å². The molecule has 1 N–H and O–H groups in total. The smallest absolute Gasteiger partial charge is 0.352 e. The van der Waals surface area contributed by atoms with Crippen LogP contribution in [0, 0.1) is 0 Å². The summed E-state index contributed by atoms with van der Waals surface area (Å²) in [4.78, 5) is 29.0. The maximum atomic E-state index is 13.2. The van der Waals surface area contributed by atoms with E-state index in [1.54, 1.807) is 67.0 Å². The van der Waals surface area contributed by atoms with Gasteiger partial charge in [-0.15, -0.1) is 0 Å². The number of carboxylic acid groups (broad SMARTS) is 1. The summed E-state index contributed by atoms with van der Waals surface area (Å²) in [5.74, 6) is -1.10. The summed E-state index contributed by atoms with van der Waals surface area (Å²) in [5, 5.41) is 10.0. The van der Waals surface area contributed by atoms with E-state index in [-0.39, 0.29) is 5.69 Å². The lowest BCUT2D eigenvalue weighted by molar-refractivity contribution is 0.0677. The molecule has 0 aliphatic carbocycles. The van der Waals surface area contributed by atoms with Crippen molar-refractivity contribution in [1.82, 2.24) is 9.55 Å². The number of rotatable bonds is 6. The molecule has 0 aliphatic rings. The maximum absolute atomic E-state index is 13.2. The number of nitrogens with zero attached hydrogens (tertiary/aromatic N) is 2. The van der Waals surface area contributed by atoms with Gasteiger partial charge in [0.25, 0.3) is 5.91 Å². The van der Waals surface area contributed by atoms with Crippen molar-refractivity contribution in [3.8, 4) is 17.0 Å². The Morgan fingerprint density at radius 2 is 1.74 bits per heavy atom. The predicted octanol–water partition coefficient (Wildman–Crippen LogP) is 5.17. The van der Waals surface area contributed by atoms with Crippen LogP contribution in [0.25, 0.3) is 11.3 Å². The molecular weight excluding hydrogens is 416 g/mol. The van der Waals surface area contributed by atoms with Gasteiger partial charge < -0.3 is 9.84 Å². The fourth-order valence-corrected chi connectivity index (χ4v) is 3.41. The summed E-state index contributed by atoms with van der Waals surface area (Å²) < 4.78 is 6.88. The van der Waals surface area contributed by atoms with Gasteiger partial charge in [0.15, 0.2) is 0 Å². The average Bonchev–Trinajstić information content (AvgIpc) is 3.24. The molecule has 0 saturated carbocycles. The first-order valence-corrected chi connectivity index (χ1v) is 9.79. The molecule has 0 fully saturated rings. The molecule has 6 nitrogen and oxygen atoms in total. The van der Waals surface area contributed by atoms with Crippen molar-refractivity contribution in [2.24, 2.45) is 0 Å². The Bertz CT molecular complexity index is 1230. The zero-order chi connectivity index (χ0) is 21.8. The van der Waals surface area contributed by atoms with Crippen LogP contribution in [0.4, 0.5) is 0 Å². The number of aromatic nitrogens is 2. The van der Waals surface area contributed by atoms with Gasteiger partial charge in [0, 0.05) is 34.1 Å². The normalized spacial score (nSPS) is 10.6. The minimum absolute atomic E-state index is 0.142. The van der Waals surface area contributed by atoms with Crippen LogP contribution in [-0.2, 0) is 6.61 Å². The Labute approximate surface area is 183 Å². The fraction of sp³-hybridized carbons (Fsp3) is 0.0417. The number of benzene rings is 2. The van der Waals surface area contributed by atoms with Gasteiger partial charge in [-0.05, 0) is 48.5 Å². The van der Waals surface area contributed by atoms with Gasteiger partial charge in [0.1, 0.15) is 18.1 Å². The molecule has 31 heavy (non-hydrogen) atoms. The minimum atomic E-state index is -1.21. The third-order valence-corrected chi connectivity index (χ3v) is 5.01. The van der Waals surface area contributed by atoms with Gasteiger partial charge >= 0.3 is 5.97 Å². The summed E-state index contributed by atoms with van der Waals surface area (Å²) in [6.07, 6.45) is 3.40. The number of aromatic carboxylic acids is 1. The Morgan fingerprint density at radius 3 is 2.42 bits per heavy atom. The summed E-state index contributed by atoms with van der Waals surface area (Å²) >= 11 is 6.28. The first kappa shape index (κ1) is 20.4. The molecule has 0 spiro atoms. The average molecular weight is 433 g/mol. The predicted molar refractivity (Wildman–Crippen MR) is 117 cm³/mol. The Balaban J connectivity index is 1.63. The summed E-state index contributed by atoms with van der Waals surface area (Å²) in [6.45, 7) is 0.346. The number of hydrogen-bond donors (Lipinski definition) is 1. The largest absolute Gasteiger partial charge is 0.489 e. The number of carbonyl (C=O) groups is 2. The van der Waals surface area contributed by atoms with Crippen LogP contribution in [0.2, 0.25) is 5.02 Å². The van der Waals surface area contributed by atoms with Gasteiger partial charge in [-0.25, -0.2) is 4.79 Å². The highest BCUT2D eigenvalue weighted by Crippen LogP contribution is 2.30. The number of halogens is 1. The van der Waals surface area contributed by atoms with Crippen molar-refractivity contribution < 1.29 is 19.4 Å². The maximum Gasteiger partial charge on any atom is 0.352 e. The van der Waals surface area contributed by atoms with Gasteiger partial charge in [0.2, 0.25) is 0 Å². The van der Waals surface area contributed by atoms with Gasteiger partial charge in [-0.1, -0.05) is 35.9 Å². The van der Waals surface area contributed by atoms with E-state index in [0.29, 0.717) is 34.2 Å². The third kappa shape index (κ3) is 4.34. The summed E-state index contributed by atoms with van der Waals surface area (Å²) in [7, 11) is 0. The van der Waals surface area contributed by atoms with Crippen LogP contribution in [0.5, 0.6) is 5.75 Å². The molecule has 2 aromatic heterocycles. The lowest BCUT2D eigenvalue weighted by Gasteiger charge is -2.12. The fourth-order valence-electron chi connectivity index (χ4n) is 3.17. The molecule has 2 aromatic carbocycles. The lowest BCUT2D eigenvalue weighted by Crippen LogP contribution is -2.19. The molecular formula is C24H17ClN2O4. The van der Waals surface area contributed by atoms with Crippen molar-refractivity contribution in [2.45, 2.75) is 6.61 Å². The molecule has 0 unspecified atom stereocenters. The highest BCUT2D eigenvalue weighted by atomic mass is 35.5. The molecule has 0 saturated heterocycles. The van der Waals surface area contributed by atoms with E-state index in [1.165, 1.54) is 6.07 Å². The van der Waals surface area contributed by atoms with E-state index in [0.717, 1.165) is 10.1 Å². The zero-order valence-corrected chi connectivity index (χ0v) is 17.0. The molecule has 7 heteroatoms. The van der Waals surface area contributed by atoms with E-state index in [4.69, 9.17) is 16.3 Å². The van der Waals surface area contributed by atoms with Gasteiger partial charge in [0.05, 0.1) is 5.69 Å². The molecule has 154 valence electrons. The number of carboxylic acids is 1. The molecule has 2 heterocycles. The number of hydrogen-bond acceptors (Lipinski definition) is 4. The topological polar surface area (TPSA) is 81.4 Å². The molecule has 0 amide bonds. The van der Waals surface area contributed by atoms with E-state index in [9.17, 15) is 14.7 Å². The van der Waals surface area contributed by atoms with E-state index in [1.807, 2.05) is 12.1 Å². The Hall–Kier alpha value is -3.90.